The molecule has 1 aromatic carbocycles. The zero-order valence-electron chi connectivity index (χ0n) is 15.6. The Morgan fingerprint density at radius 1 is 1.12 bits per heavy atom. The molecular weight excluding hydrogens is 328 g/mol. The van der Waals surface area contributed by atoms with Gasteiger partial charge in [0, 0.05) is 18.8 Å². The van der Waals surface area contributed by atoms with Crippen LogP contribution in [0.5, 0.6) is 0 Å². The normalized spacial score (nSPS) is 16.6. The Hall–Kier alpha value is -2.47. The Morgan fingerprint density at radius 3 is 2.31 bits per heavy atom. The van der Waals surface area contributed by atoms with E-state index in [9.17, 15) is 9.90 Å². The van der Waals surface area contributed by atoms with Gasteiger partial charge in [-0.1, -0.05) is 26.0 Å². The number of aryl methyl sites for hydroxylation is 1. The van der Waals surface area contributed by atoms with Crippen molar-refractivity contribution in [3.8, 4) is 0 Å². The van der Waals surface area contributed by atoms with Crippen molar-refractivity contribution in [3.05, 3.63) is 53.3 Å². The third-order valence-corrected chi connectivity index (χ3v) is 4.98. The van der Waals surface area contributed by atoms with Crippen LogP contribution in [0.2, 0.25) is 0 Å². The molecule has 1 saturated heterocycles. The lowest BCUT2D eigenvalue weighted by molar-refractivity contribution is -0.0200. The average Bonchev–Trinajstić information content (AvgIpc) is 2.63. The molecule has 0 atom stereocenters. The van der Waals surface area contributed by atoms with Gasteiger partial charge in [0.05, 0.1) is 11.4 Å². The molecule has 2 aromatic rings. The van der Waals surface area contributed by atoms with Crippen LogP contribution in [0, 0.1) is 6.92 Å². The lowest BCUT2D eigenvalue weighted by Crippen LogP contribution is -2.47. The number of benzene rings is 1. The van der Waals surface area contributed by atoms with E-state index in [0.29, 0.717) is 37.5 Å². The zero-order valence-corrected chi connectivity index (χ0v) is 15.6. The molecule has 26 heavy (non-hydrogen) atoms. The molecule has 1 fully saturated rings. The summed E-state index contributed by atoms with van der Waals surface area (Å²) in [6.07, 6.45) is 0.898. The molecule has 138 valence electrons. The molecule has 6 nitrogen and oxygen atoms in total. The molecule has 2 N–H and O–H groups in total. The first kappa shape index (κ1) is 18.3. The van der Waals surface area contributed by atoms with E-state index in [1.54, 1.807) is 4.90 Å². The second-order valence-corrected chi connectivity index (χ2v) is 7.29. The highest BCUT2D eigenvalue weighted by atomic mass is 16.3. The summed E-state index contributed by atoms with van der Waals surface area (Å²) >= 11 is 0. The number of anilines is 1. The molecule has 2 heterocycles. The molecular formula is C20H26N4O2. The fourth-order valence-electron chi connectivity index (χ4n) is 3.14. The van der Waals surface area contributed by atoms with Gasteiger partial charge in [0.2, 0.25) is 0 Å². The highest BCUT2D eigenvalue weighted by molar-refractivity contribution is 5.89. The quantitative estimate of drug-likeness (QED) is 0.885. The number of aromatic nitrogens is 2. The molecule has 0 aliphatic carbocycles. The van der Waals surface area contributed by atoms with Crippen molar-refractivity contribution in [2.75, 3.05) is 18.4 Å². The molecule has 0 bridgehead atoms. The summed E-state index contributed by atoms with van der Waals surface area (Å²) in [5, 5.41) is 21.9. The number of carbonyl (C=O) groups excluding carboxylic acids is 1. The van der Waals surface area contributed by atoms with E-state index in [2.05, 4.69) is 29.4 Å². The monoisotopic (exact) mass is 354 g/mol. The molecule has 3 rings (SSSR count). The van der Waals surface area contributed by atoms with E-state index in [-0.39, 0.29) is 6.03 Å². The summed E-state index contributed by atoms with van der Waals surface area (Å²) < 4.78 is 0. The van der Waals surface area contributed by atoms with Gasteiger partial charge in [-0.05, 0) is 55.5 Å². The second-order valence-electron chi connectivity index (χ2n) is 7.29. The second kappa shape index (κ2) is 7.41. The van der Waals surface area contributed by atoms with Gasteiger partial charge in [-0.25, -0.2) is 4.79 Å². The first-order chi connectivity index (χ1) is 12.4. The molecule has 1 aromatic heterocycles. The van der Waals surface area contributed by atoms with Crippen LogP contribution in [0.1, 0.15) is 49.6 Å². The standard InChI is InChI=1S/C20H26N4O2/c1-14(2)16-5-7-17(8-6-16)21-19(25)24-12-10-20(26,11-13-24)18-9-4-15(3)22-23-18/h4-9,14,26H,10-13H2,1-3H3,(H,21,25). The van der Waals surface area contributed by atoms with Crippen molar-refractivity contribution >= 4 is 11.7 Å². The van der Waals surface area contributed by atoms with Gasteiger partial charge in [-0.15, -0.1) is 0 Å². The van der Waals surface area contributed by atoms with Crippen molar-refractivity contribution in [3.63, 3.8) is 0 Å². The van der Waals surface area contributed by atoms with Crippen LogP contribution in [-0.2, 0) is 5.60 Å². The van der Waals surface area contributed by atoms with Crippen molar-refractivity contribution in [2.24, 2.45) is 0 Å². The summed E-state index contributed by atoms with van der Waals surface area (Å²) in [5.41, 5.74) is 2.40. The molecule has 0 saturated carbocycles. The molecule has 2 amide bonds. The smallest absolute Gasteiger partial charge is 0.321 e. The average molecular weight is 354 g/mol. The fraction of sp³-hybridized carbons (Fsp3) is 0.450. The Morgan fingerprint density at radius 2 is 1.77 bits per heavy atom. The zero-order chi connectivity index (χ0) is 18.7. The van der Waals surface area contributed by atoms with Gasteiger partial charge in [0.25, 0.3) is 0 Å². The van der Waals surface area contributed by atoms with Crippen LogP contribution < -0.4 is 5.32 Å². The van der Waals surface area contributed by atoms with E-state index in [0.717, 1.165) is 11.4 Å². The predicted octanol–water partition coefficient (Wildman–Crippen LogP) is 3.42. The number of hydrogen-bond donors (Lipinski definition) is 2. The van der Waals surface area contributed by atoms with Crippen molar-refractivity contribution in [2.45, 2.75) is 45.1 Å². The van der Waals surface area contributed by atoms with Gasteiger partial charge in [-0.2, -0.15) is 10.2 Å². The Bertz CT molecular complexity index is 748. The van der Waals surface area contributed by atoms with Gasteiger partial charge < -0.3 is 15.3 Å². The third-order valence-electron chi connectivity index (χ3n) is 4.98. The van der Waals surface area contributed by atoms with E-state index in [1.807, 2.05) is 43.3 Å². The SMILES string of the molecule is Cc1ccc(C2(O)CCN(C(=O)Nc3ccc(C(C)C)cc3)CC2)nn1. The first-order valence-corrected chi connectivity index (χ1v) is 9.06. The molecule has 1 aliphatic rings. The number of hydrogen-bond acceptors (Lipinski definition) is 4. The Kier molecular flexibility index (Phi) is 5.23. The van der Waals surface area contributed by atoms with Gasteiger partial charge in [-0.3, -0.25) is 0 Å². The van der Waals surface area contributed by atoms with Gasteiger partial charge >= 0.3 is 6.03 Å². The summed E-state index contributed by atoms with van der Waals surface area (Å²) in [6.45, 7) is 7.09. The van der Waals surface area contributed by atoms with E-state index in [4.69, 9.17) is 0 Å². The minimum Gasteiger partial charge on any atom is -0.383 e. The highest BCUT2D eigenvalue weighted by Crippen LogP contribution is 2.31. The largest absolute Gasteiger partial charge is 0.383 e. The Balaban J connectivity index is 1.58. The van der Waals surface area contributed by atoms with Crippen LogP contribution in [0.25, 0.3) is 0 Å². The van der Waals surface area contributed by atoms with Crippen molar-refractivity contribution < 1.29 is 9.90 Å². The first-order valence-electron chi connectivity index (χ1n) is 9.06. The summed E-state index contributed by atoms with van der Waals surface area (Å²) in [5.74, 6) is 0.462. The minimum atomic E-state index is -1.02. The van der Waals surface area contributed by atoms with E-state index in [1.165, 1.54) is 5.56 Å². The predicted molar refractivity (Wildman–Crippen MR) is 101 cm³/mol. The highest BCUT2D eigenvalue weighted by Gasteiger charge is 2.37. The molecule has 6 heteroatoms. The fourth-order valence-corrected chi connectivity index (χ4v) is 3.14. The Labute approximate surface area is 154 Å². The maximum Gasteiger partial charge on any atom is 0.321 e. The molecule has 0 unspecified atom stereocenters. The van der Waals surface area contributed by atoms with Crippen LogP contribution in [0.3, 0.4) is 0 Å². The number of amides is 2. The topological polar surface area (TPSA) is 78.4 Å². The number of urea groups is 1. The van der Waals surface area contributed by atoms with Crippen LogP contribution in [0.15, 0.2) is 36.4 Å². The van der Waals surface area contributed by atoms with Crippen LogP contribution >= 0.6 is 0 Å². The number of nitrogens with zero attached hydrogens (tertiary/aromatic N) is 3. The van der Waals surface area contributed by atoms with Gasteiger partial charge in [0.15, 0.2) is 0 Å². The number of likely N-dealkylation sites (tertiary alicyclic amines) is 1. The van der Waals surface area contributed by atoms with Gasteiger partial charge in [0.1, 0.15) is 5.60 Å². The van der Waals surface area contributed by atoms with E-state index >= 15 is 0 Å². The van der Waals surface area contributed by atoms with E-state index < -0.39 is 5.60 Å². The van der Waals surface area contributed by atoms with Crippen LogP contribution in [0.4, 0.5) is 10.5 Å². The third kappa shape index (κ3) is 4.02. The number of aliphatic hydroxyl groups is 1. The summed E-state index contributed by atoms with van der Waals surface area (Å²) in [6, 6.07) is 11.4. The number of nitrogens with one attached hydrogen (secondary N) is 1. The van der Waals surface area contributed by atoms with Crippen molar-refractivity contribution in [1.29, 1.82) is 0 Å². The molecule has 0 spiro atoms. The van der Waals surface area contributed by atoms with Crippen LogP contribution in [-0.4, -0.2) is 39.3 Å². The maximum atomic E-state index is 12.5. The number of rotatable bonds is 3. The lowest BCUT2D eigenvalue weighted by Gasteiger charge is -2.37. The summed E-state index contributed by atoms with van der Waals surface area (Å²) in [4.78, 5) is 14.2. The minimum absolute atomic E-state index is 0.140. The molecule has 0 radical (unpaired) electrons. The summed E-state index contributed by atoms with van der Waals surface area (Å²) in [7, 11) is 0. The number of carbonyl (C=O) groups is 1. The lowest BCUT2D eigenvalue weighted by atomic mass is 9.88. The molecule has 1 aliphatic heterocycles. The number of piperidine rings is 1. The van der Waals surface area contributed by atoms with Crippen molar-refractivity contribution in [1.82, 2.24) is 15.1 Å². The maximum absolute atomic E-state index is 12.5.